The van der Waals surface area contributed by atoms with Crippen LogP contribution in [0, 0.1) is 6.92 Å². The van der Waals surface area contributed by atoms with E-state index in [2.05, 4.69) is 10.3 Å². The maximum atomic E-state index is 14.5. The zero-order chi connectivity index (χ0) is 28.5. The molecule has 0 saturated carbocycles. The van der Waals surface area contributed by atoms with Gasteiger partial charge in [0.15, 0.2) is 11.2 Å². The summed E-state index contributed by atoms with van der Waals surface area (Å²) in [5.41, 5.74) is 1.95. The van der Waals surface area contributed by atoms with Crippen LogP contribution in [0.4, 0.5) is 11.4 Å². The lowest BCUT2D eigenvalue weighted by Gasteiger charge is -2.36. The number of aryl methyl sites for hydroxylation is 1. The number of hydrogen-bond acceptors (Lipinski definition) is 6. The number of carbonyl (C=O) groups excluding carboxylic acids is 2. The number of benzene rings is 2. The van der Waals surface area contributed by atoms with Gasteiger partial charge in [0.25, 0.3) is 11.8 Å². The van der Waals surface area contributed by atoms with Crippen LogP contribution in [-0.4, -0.2) is 40.6 Å². The summed E-state index contributed by atoms with van der Waals surface area (Å²) < 4.78 is 12.8. The summed E-state index contributed by atoms with van der Waals surface area (Å²) in [6.45, 7) is 5.81. The van der Waals surface area contributed by atoms with E-state index >= 15 is 0 Å². The minimum Gasteiger partial charge on any atom is -0.496 e. The van der Waals surface area contributed by atoms with Gasteiger partial charge in [-0.15, -0.1) is 0 Å². The smallest absolute Gasteiger partial charge is 0.280 e. The predicted octanol–water partition coefficient (Wildman–Crippen LogP) is 6.01. The molecule has 2 amide bonds. The van der Waals surface area contributed by atoms with Crippen molar-refractivity contribution in [3.63, 3.8) is 0 Å². The lowest BCUT2D eigenvalue weighted by molar-refractivity contribution is -0.119. The number of anilines is 2. The number of pyridine rings is 1. The van der Waals surface area contributed by atoms with Crippen LogP contribution in [0.2, 0.25) is 10.0 Å². The van der Waals surface area contributed by atoms with E-state index in [4.69, 9.17) is 37.7 Å². The summed E-state index contributed by atoms with van der Waals surface area (Å²) in [5.74, 6) is 0.442. The maximum Gasteiger partial charge on any atom is 0.280 e. The van der Waals surface area contributed by atoms with Crippen LogP contribution in [0.3, 0.4) is 0 Å². The first-order valence-corrected chi connectivity index (χ1v) is 13.3. The van der Waals surface area contributed by atoms with Crippen LogP contribution in [-0.2, 0) is 10.3 Å². The van der Waals surface area contributed by atoms with Crippen LogP contribution in [0.1, 0.15) is 47.2 Å². The Bertz CT molecular complexity index is 1730. The second-order valence-corrected chi connectivity index (χ2v) is 10.8. The van der Waals surface area contributed by atoms with Crippen molar-refractivity contribution in [2.75, 3.05) is 24.4 Å². The van der Waals surface area contributed by atoms with Crippen LogP contribution in [0.5, 0.6) is 11.6 Å². The van der Waals surface area contributed by atoms with Crippen molar-refractivity contribution < 1.29 is 19.1 Å². The topological polar surface area (TPSA) is 98.6 Å². The molecule has 2 aromatic carbocycles. The van der Waals surface area contributed by atoms with Crippen molar-refractivity contribution in [1.82, 2.24) is 14.5 Å². The Morgan fingerprint density at radius 2 is 1.73 bits per heavy atom. The summed E-state index contributed by atoms with van der Waals surface area (Å²) >= 11 is 12.7. The molecule has 9 nitrogen and oxygen atoms in total. The average Bonchev–Trinajstić information content (AvgIpc) is 3.53. The molecule has 0 radical (unpaired) electrons. The molecule has 0 aliphatic carbocycles. The van der Waals surface area contributed by atoms with E-state index in [-0.39, 0.29) is 11.7 Å². The Balaban J connectivity index is 1.73. The molecule has 1 N–H and O–H groups in total. The molecule has 2 aliphatic heterocycles. The number of hydrogen-bond donors (Lipinski definition) is 1. The molecule has 0 bridgehead atoms. The van der Waals surface area contributed by atoms with Crippen molar-refractivity contribution in [3.05, 3.63) is 81.2 Å². The molecule has 6 rings (SSSR count). The third kappa shape index (κ3) is 3.47. The zero-order valence-corrected chi connectivity index (χ0v) is 23.9. The average molecular weight is 578 g/mol. The van der Waals surface area contributed by atoms with E-state index in [1.807, 2.05) is 31.4 Å². The van der Waals surface area contributed by atoms with Crippen molar-refractivity contribution in [1.29, 1.82) is 0 Å². The molecule has 1 spiro atoms. The first kappa shape index (κ1) is 26.2. The fourth-order valence-electron chi connectivity index (χ4n) is 5.69. The monoisotopic (exact) mass is 577 g/mol. The predicted molar refractivity (Wildman–Crippen MR) is 153 cm³/mol. The van der Waals surface area contributed by atoms with Gasteiger partial charge in [0, 0.05) is 39.6 Å². The number of methoxy groups -OCH3 is 2. The van der Waals surface area contributed by atoms with Crippen molar-refractivity contribution in [3.8, 4) is 23.0 Å². The number of fused-ring (bicyclic) bond motifs is 4. The zero-order valence-electron chi connectivity index (χ0n) is 22.4. The summed E-state index contributed by atoms with van der Waals surface area (Å²) in [5, 5.41) is 3.87. The summed E-state index contributed by atoms with van der Waals surface area (Å²) in [7, 11) is 3.05. The number of halogens is 2. The van der Waals surface area contributed by atoms with Gasteiger partial charge in [0.1, 0.15) is 11.6 Å². The normalized spacial score (nSPS) is 17.4. The Morgan fingerprint density at radius 3 is 2.42 bits per heavy atom. The van der Waals surface area contributed by atoms with Crippen LogP contribution >= 0.6 is 23.2 Å². The highest BCUT2D eigenvalue weighted by molar-refractivity contribution is 6.32. The number of nitrogens with one attached hydrogen (secondary N) is 1. The van der Waals surface area contributed by atoms with Crippen molar-refractivity contribution in [2.45, 2.75) is 32.4 Å². The van der Waals surface area contributed by atoms with Gasteiger partial charge in [-0.25, -0.2) is 9.97 Å². The summed E-state index contributed by atoms with van der Waals surface area (Å²) in [6, 6.07) is 11.9. The van der Waals surface area contributed by atoms with E-state index in [0.717, 1.165) is 5.56 Å². The van der Waals surface area contributed by atoms with Gasteiger partial charge in [-0.1, -0.05) is 35.3 Å². The minimum absolute atomic E-state index is 0.152. The summed E-state index contributed by atoms with van der Waals surface area (Å²) in [6.07, 6.45) is 1.59. The number of nitrogens with zero attached hydrogens (tertiary/aromatic N) is 4. The standard InChI is InChI=1S/C29H25Cl2N5O4/c1-14(2)35-25-24(34-26(35)18-13-32-23(40-5)12-22(18)39-4)27(37)36(21-11-17(31)7-6-15(21)3)29(25)19-9-8-16(30)10-20(19)33-28(29)38/h6-14H,1-5H3,(H,33,38)/t29-/m0/s1. The minimum atomic E-state index is -1.58. The number of imidazole rings is 1. The highest BCUT2D eigenvalue weighted by atomic mass is 35.5. The number of carbonyl (C=O) groups is 2. The van der Waals surface area contributed by atoms with Crippen LogP contribution in [0.25, 0.3) is 11.4 Å². The van der Waals surface area contributed by atoms with Gasteiger partial charge < -0.3 is 19.4 Å². The van der Waals surface area contributed by atoms with E-state index in [0.29, 0.717) is 55.7 Å². The molecule has 2 aromatic heterocycles. The van der Waals surface area contributed by atoms with E-state index in [9.17, 15) is 9.59 Å². The molecule has 4 aromatic rings. The first-order valence-electron chi connectivity index (χ1n) is 12.6. The van der Waals surface area contributed by atoms with E-state index < -0.39 is 17.4 Å². The quantitative estimate of drug-likeness (QED) is 0.311. The molecule has 204 valence electrons. The number of rotatable bonds is 5. The fraction of sp³-hybridized carbons (Fsp3) is 0.241. The third-order valence-electron chi connectivity index (χ3n) is 7.38. The first-order chi connectivity index (χ1) is 19.1. The fourth-order valence-corrected chi connectivity index (χ4v) is 6.03. The molecule has 0 fully saturated rings. The van der Waals surface area contributed by atoms with E-state index in [1.165, 1.54) is 19.1 Å². The molecular weight excluding hydrogens is 553 g/mol. The Kier molecular flexibility index (Phi) is 6.05. The Morgan fingerprint density at radius 1 is 1.00 bits per heavy atom. The molecule has 0 saturated heterocycles. The second kappa shape index (κ2) is 9.25. The van der Waals surface area contributed by atoms with Crippen molar-refractivity contribution >= 4 is 46.4 Å². The van der Waals surface area contributed by atoms with Gasteiger partial charge >= 0.3 is 0 Å². The molecule has 0 unspecified atom stereocenters. The van der Waals surface area contributed by atoms with Gasteiger partial charge in [0.2, 0.25) is 5.88 Å². The van der Waals surface area contributed by atoms with Crippen molar-refractivity contribution in [2.24, 2.45) is 0 Å². The maximum absolute atomic E-state index is 14.5. The molecular formula is C29H25Cl2N5O4. The molecule has 2 aliphatic rings. The van der Waals surface area contributed by atoms with Crippen LogP contribution in [0.15, 0.2) is 48.7 Å². The van der Waals surface area contributed by atoms with Gasteiger partial charge in [0.05, 0.1) is 31.2 Å². The molecule has 11 heteroatoms. The molecule has 1 atom stereocenters. The Hall–Kier alpha value is -4.08. The third-order valence-corrected chi connectivity index (χ3v) is 7.85. The largest absolute Gasteiger partial charge is 0.496 e. The summed E-state index contributed by atoms with van der Waals surface area (Å²) in [4.78, 5) is 39.5. The lowest BCUT2D eigenvalue weighted by Crippen LogP contribution is -2.51. The Labute approximate surface area is 240 Å². The SMILES string of the molecule is COc1cc(OC)c(-c2nc3c(n2C(C)C)[C@@]2(C(=O)Nc4cc(Cl)ccc42)N(c2cc(Cl)ccc2C)C3=O)cn1. The lowest BCUT2D eigenvalue weighted by atomic mass is 9.86. The van der Waals surface area contributed by atoms with E-state index in [1.54, 1.807) is 42.6 Å². The molecule has 40 heavy (non-hydrogen) atoms. The number of amides is 2. The van der Waals surface area contributed by atoms with Crippen LogP contribution < -0.4 is 19.7 Å². The van der Waals surface area contributed by atoms with Gasteiger partial charge in [-0.2, -0.15) is 0 Å². The van der Waals surface area contributed by atoms with Gasteiger partial charge in [-0.05, 0) is 50.6 Å². The number of aromatic nitrogens is 3. The number of ether oxygens (including phenoxy) is 2. The highest BCUT2D eigenvalue weighted by Gasteiger charge is 2.64. The molecule has 4 heterocycles. The highest BCUT2D eigenvalue weighted by Crippen LogP contribution is 2.55. The second-order valence-electron chi connectivity index (χ2n) is 9.95. The van der Waals surface area contributed by atoms with Gasteiger partial charge in [-0.3, -0.25) is 14.5 Å².